The van der Waals surface area contributed by atoms with E-state index in [1.54, 1.807) is 18.3 Å². The first kappa shape index (κ1) is 9.44. The van der Waals surface area contributed by atoms with Crippen molar-refractivity contribution >= 4 is 40.3 Å². The number of hydrogen-bond donors (Lipinski definition) is 0. The van der Waals surface area contributed by atoms with Gasteiger partial charge in [0.1, 0.15) is 0 Å². The van der Waals surface area contributed by atoms with Crippen molar-refractivity contribution in [1.82, 2.24) is 4.98 Å². The van der Waals surface area contributed by atoms with Crippen LogP contribution in [-0.4, -0.2) is 11.3 Å². The van der Waals surface area contributed by atoms with E-state index in [-0.39, 0.29) is 0 Å². The summed E-state index contributed by atoms with van der Waals surface area (Å²) in [5, 5.41) is 2.36. The van der Waals surface area contributed by atoms with E-state index < -0.39 is 0 Å². The number of carbonyl (C=O) groups is 1. The fourth-order valence-electron chi connectivity index (χ4n) is 1.30. The molecule has 0 aliphatic rings. The fourth-order valence-corrected chi connectivity index (χ4v) is 1.68. The van der Waals surface area contributed by atoms with Gasteiger partial charge >= 0.3 is 0 Å². The molecule has 1 aromatic carbocycles. The summed E-state index contributed by atoms with van der Waals surface area (Å²) in [5.74, 6) is 0. The molecule has 0 N–H and O–H groups in total. The highest BCUT2D eigenvalue weighted by molar-refractivity contribution is 6.45. The highest BCUT2D eigenvalue weighted by atomic mass is 35.5. The topological polar surface area (TPSA) is 30.0 Å². The third-order valence-electron chi connectivity index (χ3n) is 1.99. The summed E-state index contributed by atoms with van der Waals surface area (Å²) in [7, 11) is 0. The Hall–Kier alpha value is -1.12. The number of pyridine rings is 1. The van der Waals surface area contributed by atoms with Crippen LogP contribution in [0.15, 0.2) is 24.5 Å². The van der Waals surface area contributed by atoms with Gasteiger partial charge in [-0.05, 0) is 11.5 Å². The molecule has 2 aromatic rings. The fraction of sp³-hybridized carbons (Fsp3) is 0. The summed E-state index contributed by atoms with van der Waals surface area (Å²) in [4.78, 5) is 14.6. The number of rotatable bonds is 1. The molecular weight excluding hydrogens is 221 g/mol. The summed E-state index contributed by atoms with van der Waals surface area (Å²) in [5.41, 5.74) is 0.515. The quantitative estimate of drug-likeness (QED) is 0.698. The lowest BCUT2D eigenvalue weighted by Gasteiger charge is -2.03. The molecule has 70 valence electrons. The van der Waals surface area contributed by atoms with Gasteiger partial charge in [-0.2, -0.15) is 0 Å². The number of fused-ring (bicyclic) bond motifs is 1. The highest BCUT2D eigenvalue weighted by Gasteiger charge is 2.06. The van der Waals surface area contributed by atoms with Crippen molar-refractivity contribution in [2.45, 2.75) is 0 Å². The lowest BCUT2D eigenvalue weighted by atomic mass is 10.1. The van der Waals surface area contributed by atoms with Crippen molar-refractivity contribution in [2.24, 2.45) is 0 Å². The van der Waals surface area contributed by atoms with Crippen molar-refractivity contribution in [3.8, 4) is 0 Å². The van der Waals surface area contributed by atoms with Crippen molar-refractivity contribution in [3.63, 3.8) is 0 Å². The summed E-state index contributed by atoms with van der Waals surface area (Å²) >= 11 is 11.8. The van der Waals surface area contributed by atoms with Gasteiger partial charge in [0.25, 0.3) is 0 Å². The number of benzene rings is 1. The maximum absolute atomic E-state index is 10.7. The second-order valence-corrected chi connectivity index (χ2v) is 3.59. The second kappa shape index (κ2) is 3.56. The lowest BCUT2D eigenvalue weighted by molar-refractivity contribution is 0.112. The third-order valence-corrected chi connectivity index (χ3v) is 2.81. The number of carbonyl (C=O) groups excluding carboxylic acids is 1. The van der Waals surface area contributed by atoms with Crippen LogP contribution >= 0.6 is 23.2 Å². The standard InChI is InChI=1S/C10H5Cl2NO/c11-9-2-1-7-6(5-14)3-13-4-8(7)10(9)12/h1-5H. The number of aldehydes is 1. The van der Waals surface area contributed by atoms with Crippen LogP contribution in [0.5, 0.6) is 0 Å². The Labute approximate surface area is 90.5 Å². The molecule has 1 heterocycles. The highest BCUT2D eigenvalue weighted by Crippen LogP contribution is 2.31. The molecular formula is C10H5Cl2NO. The molecule has 14 heavy (non-hydrogen) atoms. The molecule has 2 rings (SSSR count). The molecule has 0 fully saturated rings. The number of halogens is 2. The van der Waals surface area contributed by atoms with Gasteiger partial charge in [0, 0.05) is 23.3 Å². The molecule has 0 aliphatic heterocycles. The molecule has 4 heteroatoms. The van der Waals surface area contributed by atoms with E-state index in [0.29, 0.717) is 21.0 Å². The minimum Gasteiger partial charge on any atom is -0.298 e. The monoisotopic (exact) mass is 225 g/mol. The van der Waals surface area contributed by atoms with Crippen LogP contribution in [0, 0.1) is 0 Å². The van der Waals surface area contributed by atoms with Gasteiger partial charge < -0.3 is 0 Å². The normalized spacial score (nSPS) is 10.4. The average Bonchev–Trinajstić information content (AvgIpc) is 2.23. The predicted octanol–water partition coefficient (Wildman–Crippen LogP) is 3.35. The van der Waals surface area contributed by atoms with Crippen LogP contribution in [0.25, 0.3) is 10.8 Å². The van der Waals surface area contributed by atoms with Crippen molar-refractivity contribution in [2.75, 3.05) is 0 Å². The van der Waals surface area contributed by atoms with Gasteiger partial charge in [-0.1, -0.05) is 29.3 Å². The summed E-state index contributed by atoms with van der Waals surface area (Å²) < 4.78 is 0. The molecule has 0 saturated carbocycles. The molecule has 0 atom stereocenters. The Bertz CT molecular complexity index is 511. The van der Waals surface area contributed by atoms with Crippen molar-refractivity contribution < 1.29 is 4.79 Å². The van der Waals surface area contributed by atoms with Crippen LogP contribution in [0.4, 0.5) is 0 Å². The first-order chi connectivity index (χ1) is 6.74. The Balaban J connectivity index is 2.92. The third kappa shape index (κ3) is 1.37. The van der Waals surface area contributed by atoms with Crippen molar-refractivity contribution in [1.29, 1.82) is 0 Å². The SMILES string of the molecule is O=Cc1cncc2c(Cl)c(Cl)ccc12. The average molecular weight is 226 g/mol. The number of nitrogens with zero attached hydrogens (tertiary/aromatic N) is 1. The molecule has 0 bridgehead atoms. The van der Waals surface area contributed by atoms with Gasteiger partial charge in [-0.15, -0.1) is 0 Å². The van der Waals surface area contributed by atoms with E-state index in [2.05, 4.69) is 4.98 Å². The van der Waals surface area contributed by atoms with E-state index >= 15 is 0 Å². The van der Waals surface area contributed by atoms with Crippen LogP contribution in [0.2, 0.25) is 10.0 Å². The first-order valence-corrected chi connectivity index (χ1v) is 4.66. The minimum atomic E-state index is 0.431. The molecule has 2 nitrogen and oxygen atoms in total. The van der Waals surface area contributed by atoms with Gasteiger partial charge in [0.2, 0.25) is 0 Å². The lowest BCUT2D eigenvalue weighted by Crippen LogP contribution is -1.86. The van der Waals surface area contributed by atoms with E-state index in [1.165, 1.54) is 6.20 Å². The first-order valence-electron chi connectivity index (χ1n) is 3.91. The van der Waals surface area contributed by atoms with Gasteiger partial charge in [0.05, 0.1) is 10.0 Å². The maximum atomic E-state index is 10.7. The Morgan fingerprint density at radius 2 is 1.93 bits per heavy atom. The van der Waals surface area contributed by atoms with E-state index in [4.69, 9.17) is 23.2 Å². The maximum Gasteiger partial charge on any atom is 0.152 e. The zero-order valence-electron chi connectivity index (χ0n) is 7.00. The van der Waals surface area contributed by atoms with Gasteiger partial charge in [-0.3, -0.25) is 9.78 Å². The minimum absolute atomic E-state index is 0.431. The van der Waals surface area contributed by atoms with Crippen LogP contribution in [-0.2, 0) is 0 Å². The Morgan fingerprint density at radius 3 is 2.64 bits per heavy atom. The molecule has 1 aromatic heterocycles. The molecule has 0 saturated heterocycles. The zero-order valence-corrected chi connectivity index (χ0v) is 8.51. The predicted molar refractivity (Wildman–Crippen MR) is 57.2 cm³/mol. The summed E-state index contributed by atoms with van der Waals surface area (Å²) in [6.45, 7) is 0. The van der Waals surface area contributed by atoms with Gasteiger partial charge in [0.15, 0.2) is 6.29 Å². The van der Waals surface area contributed by atoms with Crippen LogP contribution < -0.4 is 0 Å². The molecule has 0 aliphatic carbocycles. The summed E-state index contributed by atoms with van der Waals surface area (Å²) in [6, 6.07) is 3.42. The Kier molecular flexibility index (Phi) is 2.40. The molecule has 0 spiro atoms. The van der Waals surface area contributed by atoms with E-state index in [1.807, 2.05) is 0 Å². The van der Waals surface area contributed by atoms with Crippen LogP contribution in [0.1, 0.15) is 10.4 Å². The molecule has 0 amide bonds. The smallest absolute Gasteiger partial charge is 0.152 e. The zero-order chi connectivity index (χ0) is 10.1. The van der Waals surface area contributed by atoms with Crippen molar-refractivity contribution in [3.05, 3.63) is 40.1 Å². The van der Waals surface area contributed by atoms with E-state index in [9.17, 15) is 4.79 Å². The Morgan fingerprint density at radius 1 is 1.14 bits per heavy atom. The number of hydrogen-bond acceptors (Lipinski definition) is 2. The summed E-state index contributed by atoms with van der Waals surface area (Å²) in [6.07, 6.45) is 3.84. The van der Waals surface area contributed by atoms with Crippen LogP contribution in [0.3, 0.4) is 0 Å². The molecule has 0 unspecified atom stereocenters. The number of aromatic nitrogens is 1. The van der Waals surface area contributed by atoms with E-state index in [0.717, 1.165) is 11.7 Å². The largest absolute Gasteiger partial charge is 0.298 e. The second-order valence-electron chi connectivity index (χ2n) is 2.80. The van der Waals surface area contributed by atoms with Gasteiger partial charge in [-0.25, -0.2) is 0 Å². The molecule has 0 radical (unpaired) electrons.